The second-order valence-electron chi connectivity index (χ2n) is 4.71. The van der Waals surface area contributed by atoms with Gasteiger partial charge in [0.05, 0.1) is 5.52 Å². The van der Waals surface area contributed by atoms with E-state index in [-0.39, 0.29) is 0 Å². The number of hydrogen-bond acceptors (Lipinski definition) is 2. The van der Waals surface area contributed by atoms with Gasteiger partial charge in [0, 0.05) is 26.9 Å². The lowest BCUT2D eigenvalue weighted by Crippen LogP contribution is -2.06. The van der Waals surface area contributed by atoms with E-state index in [1.54, 1.807) is 0 Å². The standard InChI is InChI=1S/C15H19IN2/c1-5-8-17-15-10(3)11(4)18-14-9(2)6-7-12(16)13(14)15/h6-7H,5,8H2,1-4H3,(H,17,18). The molecule has 0 fully saturated rings. The van der Waals surface area contributed by atoms with Crippen LogP contribution in [0.4, 0.5) is 5.69 Å². The second-order valence-corrected chi connectivity index (χ2v) is 5.87. The molecule has 0 saturated heterocycles. The first kappa shape index (κ1) is 13.6. The predicted molar refractivity (Wildman–Crippen MR) is 87.5 cm³/mol. The van der Waals surface area contributed by atoms with Crippen molar-refractivity contribution in [3.8, 4) is 0 Å². The molecular weight excluding hydrogens is 335 g/mol. The van der Waals surface area contributed by atoms with E-state index >= 15 is 0 Å². The Morgan fingerprint density at radius 3 is 2.61 bits per heavy atom. The van der Waals surface area contributed by atoms with E-state index in [1.807, 2.05) is 0 Å². The number of hydrogen-bond donors (Lipinski definition) is 1. The predicted octanol–water partition coefficient (Wildman–Crippen LogP) is 4.59. The minimum Gasteiger partial charge on any atom is -0.384 e. The molecule has 1 aromatic carbocycles. The van der Waals surface area contributed by atoms with Gasteiger partial charge in [-0.05, 0) is 67.0 Å². The lowest BCUT2D eigenvalue weighted by Gasteiger charge is -2.16. The van der Waals surface area contributed by atoms with Gasteiger partial charge in [-0.1, -0.05) is 13.0 Å². The Morgan fingerprint density at radius 2 is 1.94 bits per heavy atom. The SMILES string of the molecule is CCCNc1c(C)c(C)nc2c(C)ccc(I)c12. The van der Waals surface area contributed by atoms with Crippen LogP contribution >= 0.6 is 22.6 Å². The highest BCUT2D eigenvalue weighted by molar-refractivity contribution is 14.1. The van der Waals surface area contributed by atoms with E-state index in [9.17, 15) is 0 Å². The Morgan fingerprint density at radius 1 is 1.22 bits per heavy atom. The van der Waals surface area contributed by atoms with E-state index in [2.05, 4.69) is 67.7 Å². The summed E-state index contributed by atoms with van der Waals surface area (Å²) in [4.78, 5) is 4.76. The summed E-state index contributed by atoms with van der Waals surface area (Å²) >= 11 is 2.40. The number of aryl methyl sites for hydroxylation is 2. The number of aromatic nitrogens is 1. The summed E-state index contributed by atoms with van der Waals surface area (Å²) in [6.07, 6.45) is 1.13. The molecule has 2 rings (SSSR count). The van der Waals surface area contributed by atoms with Gasteiger partial charge in [-0.25, -0.2) is 0 Å². The number of rotatable bonds is 3. The molecule has 0 atom stereocenters. The maximum Gasteiger partial charge on any atom is 0.0766 e. The molecule has 18 heavy (non-hydrogen) atoms. The largest absolute Gasteiger partial charge is 0.384 e. The number of fused-ring (bicyclic) bond motifs is 1. The Kier molecular flexibility index (Phi) is 4.10. The summed E-state index contributed by atoms with van der Waals surface area (Å²) in [6, 6.07) is 4.32. The van der Waals surface area contributed by atoms with Crippen molar-refractivity contribution in [3.63, 3.8) is 0 Å². The number of halogens is 1. The average molecular weight is 354 g/mol. The second kappa shape index (κ2) is 5.43. The summed E-state index contributed by atoms with van der Waals surface area (Å²) < 4.78 is 1.27. The quantitative estimate of drug-likeness (QED) is 0.816. The van der Waals surface area contributed by atoms with Crippen molar-refractivity contribution >= 4 is 39.2 Å². The molecule has 0 unspecified atom stereocenters. The van der Waals surface area contributed by atoms with Crippen LogP contribution in [-0.4, -0.2) is 11.5 Å². The first-order chi connectivity index (χ1) is 8.56. The molecule has 96 valence electrons. The van der Waals surface area contributed by atoms with Gasteiger partial charge in [0.1, 0.15) is 0 Å². The zero-order chi connectivity index (χ0) is 13.3. The molecule has 2 nitrogen and oxygen atoms in total. The molecule has 2 aromatic rings. The molecular formula is C15H19IN2. The molecule has 1 heterocycles. The summed E-state index contributed by atoms with van der Waals surface area (Å²) in [7, 11) is 0. The van der Waals surface area contributed by atoms with Crippen LogP contribution in [0.1, 0.15) is 30.2 Å². The van der Waals surface area contributed by atoms with Crippen molar-refractivity contribution in [2.24, 2.45) is 0 Å². The Bertz CT molecular complexity index is 591. The van der Waals surface area contributed by atoms with E-state index in [4.69, 9.17) is 4.98 Å². The topological polar surface area (TPSA) is 24.9 Å². The summed E-state index contributed by atoms with van der Waals surface area (Å²) in [5.74, 6) is 0. The molecule has 0 radical (unpaired) electrons. The van der Waals surface area contributed by atoms with Gasteiger partial charge in [-0.2, -0.15) is 0 Å². The van der Waals surface area contributed by atoms with Gasteiger partial charge >= 0.3 is 0 Å². The van der Waals surface area contributed by atoms with Crippen LogP contribution in [0.15, 0.2) is 12.1 Å². The van der Waals surface area contributed by atoms with Gasteiger partial charge in [0.25, 0.3) is 0 Å². The smallest absolute Gasteiger partial charge is 0.0766 e. The van der Waals surface area contributed by atoms with E-state index in [0.717, 1.165) is 24.2 Å². The fourth-order valence-corrected chi connectivity index (χ4v) is 2.85. The Balaban J connectivity index is 2.79. The molecule has 0 amide bonds. The Labute approximate surface area is 122 Å². The molecule has 1 N–H and O–H groups in total. The highest BCUT2D eigenvalue weighted by atomic mass is 127. The third kappa shape index (κ3) is 2.32. The van der Waals surface area contributed by atoms with Crippen molar-refractivity contribution in [1.29, 1.82) is 0 Å². The van der Waals surface area contributed by atoms with Gasteiger partial charge < -0.3 is 5.32 Å². The monoisotopic (exact) mass is 354 g/mol. The molecule has 0 saturated carbocycles. The van der Waals surface area contributed by atoms with Crippen molar-refractivity contribution in [2.75, 3.05) is 11.9 Å². The molecule has 0 bridgehead atoms. The minimum atomic E-state index is 1.00. The van der Waals surface area contributed by atoms with Crippen LogP contribution in [-0.2, 0) is 0 Å². The van der Waals surface area contributed by atoms with Gasteiger partial charge in [-0.3, -0.25) is 4.98 Å². The zero-order valence-corrected chi connectivity index (χ0v) is 13.6. The molecule has 3 heteroatoms. The zero-order valence-electron chi connectivity index (χ0n) is 11.4. The average Bonchev–Trinajstić information content (AvgIpc) is 2.35. The number of pyridine rings is 1. The van der Waals surface area contributed by atoms with Crippen LogP contribution in [0, 0.1) is 24.3 Å². The number of anilines is 1. The maximum atomic E-state index is 4.76. The van der Waals surface area contributed by atoms with Gasteiger partial charge in [0.15, 0.2) is 0 Å². The van der Waals surface area contributed by atoms with Crippen LogP contribution in [0.5, 0.6) is 0 Å². The molecule has 0 aliphatic rings. The van der Waals surface area contributed by atoms with Gasteiger partial charge in [0.2, 0.25) is 0 Å². The van der Waals surface area contributed by atoms with Gasteiger partial charge in [-0.15, -0.1) is 0 Å². The fourth-order valence-electron chi connectivity index (χ4n) is 2.14. The number of nitrogens with zero attached hydrogens (tertiary/aromatic N) is 1. The lowest BCUT2D eigenvalue weighted by molar-refractivity contribution is 0.976. The molecule has 0 aliphatic heterocycles. The Hall–Kier alpha value is -0.840. The normalized spacial score (nSPS) is 10.9. The third-order valence-corrected chi connectivity index (χ3v) is 4.23. The number of benzene rings is 1. The highest BCUT2D eigenvalue weighted by Gasteiger charge is 2.13. The van der Waals surface area contributed by atoms with E-state index in [0.29, 0.717) is 0 Å². The van der Waals surface area contributed by atoms with Crippen LogP contribution in [0.25, 0.3) is 10.9 Å². The lowest BCUT2D eigenvalue weighted by atomic mass is 10.0. The first-order valence-corrected chi connectivity index (χ1v) is 7.44. The summed E-state index contributed by atoms with van der Waals surface area (Å²) in [6.45, 7) is 9.56. The summed E-state index contributed by atoms with van der Waals surface area (Å²) in [5.41, 5.74) is 6.01. The highest BCUT2D eigenvalue weighted by Crippen LogP contribution is 2.33. The van der Waals surface area contributed by atoms with Crippen LogP contribution in [0.3, 0.4) is 0 Å². The minimum absolute atomic E-state index is 1.00. The van der Waals surface area contributed by atoms with Crippen LogP contribution < -0.4 is 5.32 Å². The maximum absolute atomic E-state index is 4.76. The molecule has 1 aromatic heterocycles. The molecule has 0 aliphatic carbocycles. The third-order valence-electron chi connectivity index (χ3n) is 3.33. The van der Waals surface area contributed by atoms with E-state index in [1.165, 1.54) is 25.8 Å². The van der Waals surface area contributed by atoms with Crippen molar-refractivity contribution in [3.05, 3.63) is 32.5 Å². The van der Waals surface area contributed by atoms with Crippen molar-refractivity contribution in [2.45, 2.75) is 34.1 Å². The van der Waals surface area contributed by atoms with E-state index < -0.39 is 0 Å². The summed E-state index contributed by atoms with van der Waals surface area (Å²) in [5, 5.41) is 4.84. The first-order valence-electron chi connectivity index (χ1n) is 6.36. The van der Waals surface area contributed by atoms with Crippen molar-refractivity contribution in [1.82, 2.24) is 4.98 Å². The number of nitrogens with one attached hydrogen (secondary N) is 1. The van der Waals surface area contributed by atoms with Crippen molar-refractivity contribution < 1.29 is 0 Å². The van der Waals surface area contributed by atoms with Crippen LogP contribution in [0.2, 0.25) is 0 Å². The molecule has 0 spiro atoms. The fraction of sp³-hybridized carbons (Fsp3) is 0.400.